The van der Waals surface area contributed by atoms with Crippen LogP contribution in [-0.4, -0.2) is 62.8 Å². The van der Waals surface area contributed by atoms with Crippen LogP contribution in [0.3, 0.4) is 0 Å². The minimum Gasteiger partial charge on any atom is -0.453 e. The van der Waals surface area contributed by atoms with Gasteiger partial charge in [-0.25, -0.2) is 17.5 Å². The van der Waals surface area contributed by atoms with Crippen LogP contribution in [0.25, 0.3) is 0 Å². The minimum atomic E-state index is -3.21. The fourth-order valence-corrected chi connectivity index (χ4v) is 2.34. The number of sulfonamides is 1. The van der Waals surface area contributed by atoms with Gasteiger partial charge in [0.2, 0.25) is 10.0 Å². The third-order valence-electron chi connectivity index (χ3n) is 2.44. The van der Waals surface area contributed by atoms with Gasteiger partial charge >= 0.3 is 6.09 Å². The number of hydrogen-bond acceptors (Lipinski definition) is 4. The Hall–Kier alpha value is -0.820. The van der Waals surface area contributed by atoms with E-state index in [0.29, 0.717) is 13.1 Å². The number of amides is 1. The number of ether oxygens (including phenoxy) is 1. The first kappa shape index (κ1) is 16.2. The Morgan fingerprint density at radius 3 is 2.12 bits per heavy atom. The van der Waals surface area contributed by atoms with E-state index in [-0.39, 0.29) is 12.6 Å². The number of likely N-dealkylation sites (N-methyl/N-ethyl adjacent to an activating group) is 1. The van der Waals surface area contributed by atoms with Gasteiger partial charge in [-0.1, -0.05) is 6.92 Å². The molecule has 0 heterocycles. The zero-order valence-corrected chi connectivity index (χ0v) is 12.0. The van der Waals surface area contributed by atoms with Crippen LogP contribution < -0.4 is 0 Å². The predicted molar refractivity (Wildman–Crippen MR) is 66.3 cm³/mol. The average molecular weight is 266 g/mol. The smallest absolute Gasteiger partial charge is 0.409 e. The van der Waals surface area contributed by atoms with Crippen LogP contribution in [0.5, 0.6) is 0 Å². The van der Waals surface area contributed by atoms with Gasteiger partial charge in [-0.05, 0) is 13.8 Å². The van der Waals surface area contributed by atoms with Crippen LogP contribution in [0.2, 0.25) is 0 Å². The molecule has 102 valence electrons. The molecule has 7 heteroatoms. The summed E-state index contributed by atoms with van der Waals surface area (Å²) in [4.78, 5) is 12.9. The van der Waals surface area contributed by atoms with Crippen LogP contribution >= 0.6 is 0 Å². The van der Waals surface area contributed by atoms with Crippen molar-refractivity contribution >= 4 is 16.1 Å². The Kier molecular flexibility index (Phi) is 6.48. The molecule has 0 aliphatic rings. The Morgan fingerprint density at radius 1 is 1.29 bits per heavy atom. The topological polar surface area (TPSA) is 66.9 Å². The zero-order chi connectivity index (χ0) is 13.6. The number of methoxy groups -OCH3 is 1. The summed E-state index contributed by atoms with van der Waals surface area (Å²) < 4.78 is 28.7. The molecule has 0 aromatic heterocycles. The normalized spacial score (nSPS) is 11.9. The molecule has 17 heavy (non-hydrogen) atoms. The average Bonchev–Trinajstić information content (AvgIpc) is 2.21. The van der Waals surface area contributed by atoms with Gasteiger partial charge < -0.3 is 9.64 Å². The second-order valence-electron chi connectivity index (χ2n) is 4.01. The summed E-state index contributed by atoms with van der Waals surface area (Å²) in [6.07, 6.45) is 0.721. The molecule has 0 N–H and O–H groups in total. The zero-order valence-electron chi connectivity index (χ0n) is 11.1. The Labute approximate surface area is 104 Å². The van der Waals surface area contributed by atoms with E-state index in [1.165, 1.54) is 16.3 Å². The summed E-state index contributed by atoms with van der Waals surface area (Å²) in [6.45, 7) is 6.47. The summed E-state index contributed by atoms with van der Waals surface area (Å²) in [5, 5.41) is 0. The highest BCUT2D eigenvalue weighted by Crippen LogP contribution is 2.04. The molecule has 0 rings (SSSR count). The Balaban J connectivity index is 4.55. The monoisotopic (exact) mass is 266 g/mol. The highest BCUT2D eigenvalue weighted by Gasteiger charge is 2.20. The SMILES string of the molecule is CCN(CCN(C(=O)OC)C(C)C)S(C)(=O)=O. The molecule has 0 bridgehead atoms. The van der Waals surface area contributed by atoms with Crippen LogP contribution in [0.1, 0.15) is 20.8 Å². The lowest BCUT2D eigenvalue weighted by Crippen LogP contribution is -2.43. The molecule has 0 atom stereocenters. The van der Waals surface area contributed by atoms with Crippen molar-refractivity contribution in [3.05, 3.63) is 0 Å². The van der Waals surface area contributed by atoms with Gasteiger partial charge in [0.05, 0.1) is 13.4 Å². The van der Waals surface area contributed by atoms with Crippen molar-refractivity contribution < 1.29 is 17.9 Å². The van der Waals surface area contributed by atoms with Crippen molar-refractivity contribution in [1.82, 2.24) is 9.21 Å². The van der Waals surface area contributed by atoms with Gasteiger partial charge in [0.1, 0.15) is 0 Å². The van der Waals surface area contributed by atoms with E-state index >= 15 is 0 Å². The summed E-state index contributed by atoms with van der Waals surface area (Å²) in [7, 11) is -1.90. The lowest BCUT2D eigenvalue weighted by atomic mass is 10.3. The van der Waals surface area contributed by atoms with E-state index in [1.54, 1.807) is 6.92 Å². The van der Waals surface area contributed by atoms with Gasteiger partial charge in [0.25, 0.3) is 0 Å². The lowest BCUT2D eigenvalue weighted by molar-refractivity contribution is 0.109. The number of rotatable bonds is 6. The van der Waals surface area contributed by atoms with Crippen LogP contribution in [-0.2, 0) is 14.8 Å². The van der Waals surface area contributed by atoms with Crippen molar-refractivity contribution in [3.8, 4) is 0 Å². The van der Waals surface area contributed by atoms with Gasteiger partial charge in [-0.3, -0.25) is 0 Å². The summed E-state index contributed by atoms with van der Waals surface area (Å²) in [6, 6.07) is -0.0271. The molecule has 0 saturated carbocycles. The first-order valence-electron chi connectivity index (χ1n) is 5.53. The van der Waals surface area contributed by atoms with Gasteiger partial charge in [-0.15, -0.1) is 0 Å². The molecule has 0 unspecified atom stereocenters. The third-order valence-corrected chi connectivity index (χ3v) is 3.82. The van der Waals surface area contributed by atoms with Crippen LogP contribution in [0, 0.1) is 0 Å². The van der Waals surface area contributed by atoms with Crippen molar-refractivity contribution in [1.29, 1.82) is 0 Å². The molecule has 6 nitrogen and oxygen atoms in total. The highest BCUT2D eigenvalue weighted by molar-refractivity contribution is 7.88. The van der Waals surface area contributed by atoms with E-state index < -0.39 is 16.1 Å². The molecular weight excluding hydrogens is 244 g/mol. The van der Waals surface area contributed by atoms with E-state index in [2.05, 4.69) is 4.74 Å². The maximum absolute atomic E-state index is 11.4. The molecule has 0 aliphatic carbocycles. The van der Waals surface area contributed by atoms with Crippen molar-refractivity contribution in [2.75, 3.05) is 33.0 Å². The second-order valence-corrected chi connectivity index (χ2v) is 5.99. The third kappa shape index (κ3) is 5.36. The maximum atomic E-state index is 11.4. The van der Waals surface area contributed by atoms with Crippen molar-refractivity contribution in [3.63, 3.8) is 0 Å². The first-order valence-corrected chi connectivity index (χ1v) is 7.38. The fraction of sp³-hybridized carbons (Fsp3) is 0.900. The molecule has 0 spiro atoms. The molecular formula is C10H22N2O4S. The second kappa shape index (κ2) is 6.80. The summed E-state index contributed by atoms with van der Waals surface area (Å²) in [5.41, 5.74) is 0. The Morgan fingerprint density at radius 2 is 1.82 bits per heavy atom. The van der Waals surface area contributed by atoms with Gasteiger partial charge in [0, 0.05) is 25.7 Å². The van der Waals surface area contributed by atoms with E-state index in [1.807, 2.05) is 13.8 Å². The van der Waals surface area contributed by atoms with Gasteiger partial charge in [-0.2, -0.15) is 0 Å². The number of hydrogen-bond donors (Lipinski definition) is 0. The first-order chi connectivity index (χ1) is 7.73. The standard InChI is InChI=1S/C10H22N2O4S/c1-6-11(17(5,14)15)7-8-12(9(2)3)10(13)16-4/h9H,6-8H2,1-5H3. The molecule has 0 aromatic carbocycles. The number of carbonyl (C=O) groups is 1. The van der Waals surface area contributed by atoms with Crippen molar-refractivity contribution in [2.24, 2.45) is 0 Å². The van der Waals surface area contributed by atoms with Gasteiger partial charge in [0.15, 0.2) is 0 Å². The molecule has 1 amide bonds. The highest BCUT2D eigenvalue weighted by atomic mass is 32.2. The van der Waals surface area contributed by atoms with E-state index in [0.717, 1.165) is 6.26 Å². The largest absolute Gasteiger partial charge is 0.453 e. The van der Waals surface area contributed by atoms with Crippen molar-refractivity contribution in [2.45, 2.75) is 26.8 Å². The summed E-state index contributed by atoms with van der Waals surface area (Å²) in [5.74, 6) is 0. The molecule has 0 fully saturated rings. The Bertz CT molecular complexity index is 340. The van der Waals surface area contributed by atoms with Crippen LogP contribution in [0.4, 0.5) is 4.79 Å². The number of nitrogens with zero attached hydrogens (tertiary/aromatic N) is 2. The lowest BCUT2D eigenvalue weighted by Gasteiger charge is -2.27. The molecule has 0 saturated heterocycles. The van der Waals surface area contributed by atoms with E-state index in [9.17, 15) is 13.2 Å². The quantitative estimate of drug-likeness (QED) is 0.711. The fourth-order valence-electron chi connectivity index (χ4n) is 1.46. The molecule has 0 aliphatic heterocycles. The predicted octanol–water partition coefficient (Wildman–Crippen LogP) is 0.745. The van der Waals surface area contributed by atoms with Crippen LogP contribution in [0.15, 0.2) is 0 Å². The molecule has 0 radical (unpaired) electrons. The number of carbonyl (C=O) groups excluding carboxylic acids is 1. The summed E-state index contributed by atoms with van der Waals surface area (Å²) >= 11 is 0. The minimum absolute atomic E-state index is 0.0271. The molecule has 0 aromatic rings. The van der Waals surface area contributed by atoms with E-state index in [4.69, 9.17) is 0 Å². The maximum Gasteiger partial charge on any atom is 0.409 e.